The Balaban J connectivity index is 2.18. The summed E-state index contributed by atoms with van der Waals surface area (Å²) < 4.78 is 10.3. The van der Waals surface area contributed by atoms with Crippen LogP contribution in [0.1, 0.15) is 16.8 Å². The summed E-state index contributed by atoms with van der Waals surface area (Å²) in [5.74, 6) is -0.528. The van der Waals surface area contributed by atoms with Crippen molar-refractivity contribution in [2.45, 2.75) is 12.5 Å². The molecule has 0 bridgehead atoms. The molecule has 2 N–H and O–H groups in total. The van der Waals surface area contributed by atoms with Gasteiger partial charge >= 0.3 is 5.97 Å². The van der Waals surface area contributed by atoms with E-state index in [1.165, 1.54) is 12.1 Å². The van der Waals surface area contributed by atoms with Crippen molar-refractivity contribution in [3.8, 4) is 0 Å². The molecule has 1 aliphatic rings. The van der Waals surface area contributed by atoms with Gasteiger partial charge < -0.3 is 15.2 Å². The fourth-order valence-corrected chi connectivity index (χ4v) is 1.99. The molecule has 2 rings (SSSR count). The molecule has 4 nitrogen and oxygen atoms in total. The van der Waals surface area contributed by atoms with Crippen molar-refractivity contribution in [3.05, 3.63) is 27.7 Å². The number of nitrogen functional groups attached to an aromatic ring is 1. The van der Waals surface area contributed by atoms with Crippen LogP contribution in [0.4, 0.5) is 5.69 Å². The van der Waals surface area contributed by atoms with Gasteiger partial charge in [0.05, 0.1) is 28.8 Å². The zero-order valence-corrected chi connectivity index (χ0v) is 10.4. The van der Waals surface area contributed by atoms with Gasteiger partial charge in [0.1, 0.15) is 6.10 Å². The van der Waals surface area contributed by atoms with E-state index in [4.69, 9.17) is 38.4 Å². The average molecular weight is 276 g/mol. The molecule has 1 unspecified atom stereocenters. The third-order valence-electron chi connectivity index (χ3n) is 2.43. The molecule has 0 spiro atoms. The van der Waals surface area contributed by atoms with Crippen LogP contribution in [0.2, 0.25) is 10.0 Å². The number of hydrogen-bond acceptors (Lipinski definition) is 4. The first-order valence-corrected chi connectivity index (χ1v) is 5.87. The topological polar surface area (TPSA) is 61.6 Å². The average Bonchev–Trinajstić information content (AvgIpc) is 2.76. The molecule has 1 atom stereocenters. The quantitative estimate of drug-likeness (QED) is 0.666. The van der Waals surface area contributed by atoms with Crippen molar-refractivity contribution in [1.82, 2.24) is 0 Å². The molecule has 0 radical (unpaired) electrons. The van der Waals surface area contributed by atoms with Gasteiger partial charge in [-0.15, -0.1) is 0 Å². The van der Waals surface area contributed by atoms with Crippen LogP contribution >= 0.6 is 23.2 Å². The molecule has 1 aliphatic heterocycles. The van der Waals surface area contributed by atoms with E-state index in [9.17, 15) is 4.79 Å². The second kappa shape index (κ2) is 5.12. The highest BCUT2D eigenvalue weighted by molar-refractivity contribution is 6.44. The molecule has 1 fully saturated rings. The van der Waals surface area contributed by atoms with Gasteiger partial charge in [-0.05, 0) is 12.1 Å². The number of carbonyl (C=O) groups is 1. The number of benzene rings is 1. The Morgan fingerprint density at radius 3 is 2.88 bits per heavy atom. The van der Waals surface area contributed by atoms with Crippen LogP contribution in [-0.4, -0.2) is 25.3 Å². The molecule has 1 aromatic carbocycles. The predicted octanol–water partition coefficient (Wildman–Crippen LogP) is 2.52. The second-order valence-electron chi connectivity index (χ2n) is 3.76. The monoisotopic (exact) mass is 275 g/mol. The smallest absolute Gasteiger partial charge is 0.340 e. The largest absolute Gasteiger partial charge is 0.456 e. The van der Waals surface area contributed by atoms with E-state index in [0.717, 1.165) is 0 Å². The number of nitrogens with two attached hydrogens (primary N) is 1. The fourth-order valence-electron chi connectivity index (χ4n) is 1.58. The highest BCUT2D eigenvalue weighted by Gasteiger charge is 2.23. The van der Waals surface area contributed by atoms with E-state index in [1.54, 1.807) is 0 Å². The predicted molar refractivity (Wildman–Crippen MR) is 65.5 cm³/mol. The number of esters is 1. The first-order chi connectivity index (χ1) is 8.08. The number of carbonyl (C=O) groups excluding carboxylic acids is 1. The van der Waals surface area contributed by atoms with Crippen LogP contribution in [-0.2, 0) is 9.47 Å². The van der Waals surface area contributed by atoms with Gasteiger partial charge in [-0.25, -0.2) is 4.79 Å². The number of rotatable bonds is 2. The number of halogens is 2. The van der Waals surface area contributed by atoms with Crippen molar-refractivity contribution in [1.29, 1.82) is 0 Å². The second-order valence-corrected chi connectivity index (χ2v) is 4.54. The van der Waals surface area contributed by atoms with Gasteiger partial charge in [0.2, 0.25) is 0 Å². The molecule has 17 heavy (non-hydrogen) atoms. The molecule has 6 heteroatoms. The maximum absolute atomic E-state index is 11.8. The van der Waals surface area contributed by atoms with E-state index in [1.807, 2.05) is 0 Å². The van der Waals surface area contributed by atoms with Crippen molar-refractivity contribution in [3.63, 3.8) is 0 Å². The van der Waals surface area contributed by atoms with Gasteiger partial charge in [-0.3, -0.25) is 0 Å². The lowest BCUT2D eigenvalue weighted by Crippen LogP contribution is -2.18. The van der Waals surface area contributed by atoms with Crippen LogP contribution in [0.15, 0.2) is 12.1 Å². The van der Waals surface area contributed by atoms with Crippen LogP contribution in [0.25, 0.3) is 0 Å². The van der Waals surface area contributed by atoms with Gasteiger partial charge in [-0.2, -0.15) is 0 Å². The summed E-state index contributed by atoms with van der Waals surface area (Å²) in [6.45, 7) is 1.02. The Bertz CT molecular complexity index is 445. The molecule has 0 amide bonds. The maximum atomic E-state index is 11.8. The van der Waals surface area contributed by atoms with Gasteiger partial charge in [0.25, 0.3) is 0 Å². The Kier molecular flexibility index (Phi) is 3.76. The summed E-state index contributed by atoms with van der Waals surface area (Å²) in [4.78, 5) is 11.8. The normalized spacial score (nSPS) is 19.3. The van der Waals surface area contributed by atoms with Crippen molar-refractivity contribution in [2.24, 2.45) is 0 Å². The number of anilines is 1. The van der Waals surface area contributed by atoms with Crippen molar-refractivity contribution < 1.29 is 14.3 Å². The SMILES string of the molecule is Nc1cc(Cl)c(Cl)c(C(=O)OC2CCOC2)c1. The zero-order chi connectivity index (χ0) is 12.4. The maximum Gasteiger partial charge on any atom is 0.340 e. The minimum atomic E-state index is -0.528. The van der Waals surface area contributed by atoms with Crippen LogP contribution in [0.5, 0.6) is 0 Å². The summed E-state index contributed by atoms with van der Waals surface area (Å²) >= 11 is 11.8. The summed E-state index contributed by atoms with van der Waals surface area (Å²) in [7, 11) is 0. The molecule has 1 saturated heterocycles. The lowest BCUT2D eigenvalue weighted by atomic mass is 10.2. The summed E-state index contributed by atoms with van der Waals surface area (Å²) in [6, 6.07) is 2.94. The van der Waals surface area contributed by atoms with Gasteiger partial charge in [0.15, 0.2) is 0 Å². The lowest BCUT2D eigenvalue weighted by Gasteiger charge is -2.12. The Labute approximate surface area is 109 Å². The molecule has 0 saturated carbocycles. The third kappa shape index (κ3) is 2.83. The molecule has 0 aromatic heterocycles. The standard InChI is InChI=1S/C11H11Cl2NO3/c12-9-4-6(14)3-8(10(9)13)11(15)17-7-1-2-16-5-7/h3-4,7H,1-2,5,14H2. The third-order valence-corrected chi connectivity index (χ3v) is 3.23. The minimum absolute atomic E-state index is 0.157. The first-order valence-electron chi connectivity index (χ1n) is 5.11. The molecule has 92 valence electrons. The van der Waals surface area contributed by atoms with E-state index in [0.29, 0.717) is 25.3 Å². The highest BCUT2D eigenvalue weighted by Crippen LogP contribution is 2.29. The highest BCUT2D eigenvalue weighted by atomic mass is 35.5. The first kappa shape index (κ1) is 12.5. The van der Waals surface area contributed by atoms with E-state index >= 15 is 0 Å². The van der Waals surface area contributed by atoms with Crippen LogP contribution in [0.3, 0.4) is 0 Å². The Hall–Kier alpha value is -0.970. The minimum Gasteiger partial charge on any atom is -0.456 e. The number of ether oxygens (including phenoxy) is 2. The van der Waals surface area contributed by atoms with Gasteiger partial charge in [0, 0.05) is 12.1 Å². The Morgan fingerprint density at radius 1 is 1.47 bits per heavy atom. The van der Waals surface area contributed by atoms with Gasteiger partial charge in [-0.1, -0.05) is 23.2 Å². The van der Waals surface area contributed by atoms with Crippen LogP contribution in [0, 0.1) is 0 Å². The zero-order valence-electron chi connectivity index (χ0n) is 8.91. The number of hydrogen-bond donors (Lipinski definition) is 1. The van der Waals surface area contributed by atoms with E-state index < -0.39 is 5.97 Å². The molecular formula is C11H11Cl2NO3. The fraction of sp³-hybridized carbons (Fsp3) is 0.364. The molecular weight excluding hydrogens is 265 g/mol. The summed E-state index contributed by atoms with van der Waals surface area (Å²) in [6.07, 6.45) is 0.470. The van der Waals surface area contributed by atoms with Crippen molar-refractivity contribution in [2.75, 3.05) is 18.9 Å². The van der Waals surface area contributed by atoms with E-state index in [2.05, 4.69) is 0 Å². The Morgan fingerprint density at radius 2 is 2.24 bits per heavy atom. The molecule has 0 aliphatic carbocycles. The summed E-state index contributed by atoms with van der Waals surface area (Å²) in [5, 5.41) is 0.395. The van der Waals surface area contributed by atoms with Crippen LogP contribution < -0.4 is 5.73 Å². The summed E-state index contributed by atoms with van der Waals surface area (Å²) in [5.41, 5.74) is 6.15. The molecule has 1 heterocycles. The van der Waals surface area contributed by atoms with E-state index in [-0.39, 0.29) is 21.7 Å². The molecule has 1 aromatic rings. The van der Waals surface area contributed by atoms with Crippen molar-refractivity contribution >= 4 is 34.9 Å². The lowest BCUT2D eigenvalue weighted by molar-refractivity contribution is 0.0271.